The quantitative estimate of drug-likeness (QED) is 0.487. The Morgan fingerprint density at radius 1 is 0.875 bits per heavy atom. The summed E-state index contributed by atoms with van der Waals surface area (Å²) in [4.78, 5) is 0. The largest absolute Gasteiger partial charge is 0.346 e. The van der Waals surface area contributed by atoms with Crippen LogP contribution in [0, 0.1) is 0 Å². The van der Waals surface area contributed by atoms with E-state index in [0.29, 0.717) is 6.42 Å². The summed E-state index contributed by atoms with van der Waals surface area (Å²) in [5.41, 5.74) is 2.36. The van der Waals surface area contributed by atoms with Gasteiger partial charge in [-0.15, -0.1) is 0 Å². The van der Waals surface area contributed by atoms with Crippen molar-refractivity contribution in [1.29, 1.82) is 0 Å². The van der Waals surface area contributed by atoms with Crippen LogP contribution in [0.3, 0.4) is 0 Å². The highest BCUT2D eigenvalue weighted by molar-refractivity contribution is 7.85. The van der Waals surface area contributed by atoms with Crippen LogP contribution in [-0.4, -0.2) is 27.9 Å². The standard InChI is InChI=1S/C18H28N2O3S/c1-2-3-4-5-12-19-14-8-10-17(19)18-11-9-15-20(18)13-6-7-16-24(21,22)23/h8-11,14-15H,2-7,12-13,16H2,1H3,(H,21,22,23). The van der Waals surface area contributed by atoms with Crippen molar-refractivity contribution in [3.8, 4) is 11.4 Å². The van der Waals surface area contributed by atoms with Crippen LogP contribution in [0.2, 0.25) is 0 Å². The average Bonchev–Trinajstić information content (AvgIpc) is 3.15. The van der Waals surface area contributed by atoms with E-state index in [0.717, 1.165) is 25.2 Å². The molecule has 0 unspecified atom stereocenters. The van der Waals surface area contributed by atoms with Gasteiger partial charge in [0.2, 0.25) is 0 Å². The highest BCUT2D eigenvalue weighted by Crippen LogP contribution is 2.22. The van der Waals surface area contributed by atoms with Gasteiger partial charge in [-0.3, -0.25) is 4.55 Å². The Morgan fingerprint density at radius 2 is 1.42 bits per heavy atom. The maximum Gasteiger partial charge on any atom is 0.264 e. The van der Waals surface area contributed by atoms with Gasteiger partial charge in [0.1, 0.15) is 0 Å². The molecule has 0 bridgehead atoms. The molecule has 2 aromatic rings. The summed E-state index contributed by atoms with van der Waals surface area (Å²) in [6.45, 7) is 3.99. The summed E-state index contributed by atoms with van der Waals surface area (Å²) in [5.74, 6) is -0.169. The van der Waals surface area contributed by atoms with Crippen LogP contribution in [0.25, 0.3) is 11.4 Å². The molecule has 0 atom stereocenters. The molecule has 0 aromatic carbocycles. The second kappa shape index (κ2) is 9.08. The van der Waals surface area contributed by atoms with Crippen molar-refractivity contribution in [3.63, 3.8) is 0 Å². The number of hydrogen-bond donors (Lipinski definition) is 1. The Morgan fingerprint density at radius 3 is 1.92 bits per heavy atom. The first kappa shape index (κ1) is 18.8. The Hall–Kier alpha value is -1.53. The molecule has 6 heteroatoms. The van der Waals surface area contributed by atoms with E-state index in [4.69, 9.17) is 4.55 Å². The molecule has 0 aliphatic carbocycles. The van der Waals surface area contributed by atoms with E-state index in [9.17, 15) is 8.42 Å². The van der Waals surface area contributed by atoms with Crippen LogP contribution in [0.4, 0.5) is 0 Å². The molecule has 1 N–H and O–H groups in total. The zero-order valence-corrected chi connectivity index (χ0v) is 15.2. The van der Waals surface area contributed by atoms with E-state index in [1.807, 2.05) is 12.3 Å². The lowest BCUT2D eigenvalue weighted by molar-refractivity contribution is 0.478. The molecule has 0 saturated heterocycles. The zero-order chi connectivity index (χ0) is 17.4. The van der Waals surface area contributed by atoms with Crippen molar-refractivity contribution in [1.82, 2.24) is 9.13 Å². The maximum atomic E-state index is 10.8. The van der Waals surface area contributed by atoms with Crippen molar-refractivity contribution >= 4 is 10.1 Å². The first-order chi connectivity index (χ1) is 11.5. The van der Waals surface area contributed by atoms with Crippen LogP contribution in [0.5, 0.6) is 0 Å². The van der Waals surface area contributed by atoms with Crippen LogP contribution in [0.1, 0.15) is 45.4 Å². The van der Waals surface area contributed by atoms with Gasteiger partial charge >= 0.3 is 0 Å². The third-order valence-electron chi connectivity index (χ3n) is 4.23. The van der Waals surface area contributed by atoms with Crippen LogP contribution in [0.15, 0.2) is 36.7 Å². The van der Waals surface area contributed by atoms with Gasteiger partial charge in [0.25, 0.3) is 10.1 Å². The van der Waals surface area contributed by atoms with E-state index in [1.54, 1.807) is 0 Å². The lowest BCUT2D eigenvalue weighted by atomic mass is 10.2. The first-order valence-electron chi connectivity index (χ1n) is 8.77. The predicted octanol–water partition coefficient (Wildman–Crippen LogP) is 4.20. The summed E-state index contributed by atoms with van der Waals surface area (Å²) in [6.07, 6.45) is 10.3. The van der Waals surface area contributed by atoms with E-state index >= 15 is 0 Å². The minimum Gasteiger partial charge on any atom is -0.346 e. The van der Waals surface area contributed by atoms with E-state index < -0.39 is 10.1 Å². The molecule has 2 aromatic heterocycles. The minimum atomic E-state index is -3.85. The van der Waals surface area contributed by atoms with Gasteiger partial charge in [0.05, 0.1) is 17.1 Å². The molecule has 134 valence electrons. The Bertz CT molecular complexity index is 716. The fraction of sp³-hybridized carbons (Fsp3) is 0.556. The molecule has 0 fully saturated rings. The van der Waals surface area contributed by atoms with Gasteiger partial charge in [-0.1, -0.05) is 26.2 Å². The predicted molar refractivity (Wildman–Crippen MR) is 97.6 cm³/mol. The molecule has 0 saturated carbocycles. The fourth-order valence-corrected chi connectivity index (χ4v) is 3.53. The van der Waals surface area contributed by atoms with E-state index in [1.165, 1.54) is 31.4 Å². The van der Waals surface area contributed by atoms with Crippen molar-refractivity contribution in [3.05, 3.63) is 36.7 Å². The normalized spacial score (nSPS) is 11.9. The van der Waals surface area contributed by atoms with Gasteiger partial charge in [-0.05, 0) is 43.5 Å². The number of nitrogens with zero attached hydrogens (tertiary/aromatic N) is 2. The monoisotopic (exact) mass is 352 g/mol. The summed E-state index contributed by atoms with van der Waals surface area (Å²) >= 11 is 0. The highest BCUT2D eigenvalue weighted by Gasteiger charge is 2.09. The van der Waals surface area contributed by atoms with Gasteiger partial charge < -0.3 is 9.13 Å². The fourth-order valence-electron chi connectivity index (χ4n) is 2.96. The minimum absolute atomic E-state index is 0.169. The molecule has 0 aliphatic heterocycles. The van der Waals surface area contributed by atoms with Gasteiger partial charge in [-0.2, -0.15) is 8.42 Å². The Balaban J connectivity index is 1.96. The summed E-state index contributed by atoms with van der Waals surface area (Å²) < 4.78 is 34.8. The van der Waals surface area contributed by atoms with E-state index in [-0.39, 0.29) is 5.75 Å². The number of rotatable bonds is 11. The maximum absolute atomic E-state index is 10.8. The number of aromatic nitrogens is 2. The highest BCUT2D eigenvalue weighted by atomic mass is 32.2. The Labute approximate surface area is 145 Å². The molecule has 2 heterocycles. The van der Waals surface area contributed by atoms with Crippen molar-refractivity contribution in [2.75, 3.05) is 5.75 Å². The summed E-state index contributed by atoms with van der Waals surface area (Å²) in [7, 11) is -3.85. The number of hydrogen-bond acceptors (Lipinski definition) is 2. The van der Waals surface area contributed by atoms with Crippen LogP contribution >= 0.6 is 0 Å². The topological polar surface area (TPSA) is 64.2 Å². The van der Waals surface area contributed by atoms with Gasteiger partial charge in [-0.25, -0.2) is 0 Å². The van der Waals surface area contributed by atoms with Crippen LogP contribution in [-0.2, 0) is 23.2 Å². The third kappa shape index (κ3) is 5.83. The molecule has 0 amide bonds. The molecule has 2 rings (SSSR count). The van der Waals surface area contributed by atoms with Crippen molar-refractivity contribution in [2.45, 2.75) is 58.5 Å². The molecule has 0 spiro atoms. The second-order valence-electron chi connectivity index (χ2n) is 6.23. The molecular weight excluding hydrogens is 324 g/mol. The molecular formula is C18H28N2O3S. The lowest BCUT2D eigenvalue weighted by Crippen LogP contribution is -2.07. The lowest BCUT2D eigenvalue weighted by Gasteiger charge is -2.13. The molecule has 0 radical (unpaired) electrons. The summed E-state index contributed by atoms with van der Waals surface area (Å²) in [5, 5.41) is 0. The van der Waals surface area contributed by atoms with Crippen molar-refractivity contribution in [2.24, 2.45) is 0 Å². The third-order valence-corrected chi connectivity index (χ3v) is 5.03. The molecule has 0 aliphatic rings. The van der Waals surface area contributed by atoms with Gasteiger partial charge in [0.15, 0.2) is 0 Å². The Kier molecular flexibility index (Phi) is 7.12. The molecule has 5 nitrogen and oxygen atoms in total. The van der Waals surface area contributed by atoms with Crippen molar-refractivity contribution < 1.29 is 13.0 Å². The first-order valence-corrected chi connectivity index (χ1v) is 10.4. The average molecular weight is 353 g/mol. The SMILES string of the molecule is CCCCCCn1cccc1-c1cccn1CCCCS(=O)(=O)O. The molecule has 24 heavy (non-hydrogen) atoms. The summed E-state index contributed by atoms with van der Waals surface area (Å²) in [6, 6.07) is 8.32. The zero-order valence-electron chi connectivity index (χ0n) is 14.4. The second-order valence-corrected chi connectivity index (χ2v) is 7.80. The van der Waals surface area contributed by atoms with E-state index in [2.05, 4.69) is 40.5 Å². The number of unbranched alkanes of at least 4 members (excludes halogenated alkanes) is 4. The van der Waals surface area contributed by atoms with Crippen LogP contribution < -0.4 is 0 Å². The smallest absolute Gasteiger partial charge is 0.264 e. The van der Waals surface area contributed by atoms with Gasteiger partial charge in [0, 0.05) is 25.5 Å². The number of aryl methyl sites for hydroxylation is 2.